The third-order valence-corrected chi connectivity index (χ3v) is 4.16. The van der Waals surface area contributed by atoms with Gasteiger partial charge in [0.15, 0.2) is 6.10 Å². The van der Waals surface area contributed by atoms with E-state index in [0.29, 0.717) is 13.2 Å². The van der Waals surface area contributed by atoms with Gasteiger partial charge >= 0.3 is 0 Å². The molecule has 0 saturated carbocycles. The highest BCUT2D eigenvalue weighted by atomic mass is 16.5. The van der Waals surface area contributed by atoms with Crippen molar-refractivity contribution in [2.24, 2.45) is 0 Å². The van der Waals surface area contributed by atoms with Crippen LogP contribution in [0, 0.1) is 6.92 Å². The third-order valence-electron chi connectivity index (χ3n) is 4.16. The smallest absolute Gasteiger partial charge is 0.260 e. The molecule has 0 heterocycles. The Hall–Kier alpha value is -3.01. The van der Waals surface area contributed by atoms with Crippen molar-refractivity contribution in [3.63, 3.8) is 0 Å². The van der Waals surface area contributed by atoms with Crippen molar-refractivity contribution in [1.82, 2.24) is 5.32 Å². The molecule has 0 aromatic heterocycles. The molecule has 4 nitrogen and oxygen atoms in total. The summed E-state index contributed by atoms with van der Waals surface area (Å²) in [6, 6.07) is 21.8. The first-order valence-corrected chi connectivity index (χ1v) is 8.75. The molecule has 0 aliphatic heterocycles. The number of benzene rings is 3. The number of fused-ring (bicyclic) bond motifs is 1. The molecule has 0 spiro atoms. The summed E-state index contributed by atoms with van der Waals surface area (Å²) in [6.07, 6.45) is -0.559. The van der Waals surface area contributed by atoms with Crippen LogP contribution in [-0.2, 0) is 4.79 Å². The van der Waals surface area contributed by atoms with Gasteiger partial charge in [0.25, 0.3) is 5.91 Å². The summed E-state index contributed by atoms with van der Waals surface area (Å²) in [5.74, 6) is 1.36. The fourth-order valence-corrected chi connectivity index (χ4v) is 2.68. The Bertz CT molecular complexity index is 891. The molecule has 0 radical (unpaired) electrons. The first-order chi connectivity index (χ1) is 12.6. The van der Waals surface area contributed by atoms with Gasteiger partial charge in [-0.05, 0) is 48.4 Å². The van der Waals surface area contributed by atoms with Crippen molar-refractivity contribution in [2.45, 2.75) is 20.0 Å². The molecule has 3 aromatic carbocycles. The number of para-hydroxylation sites is 1. The van der Waals surface area contributed by atoms with Gasteiger partial charge < -0.3 is 14.8 Å². The fourth-order valence-electron chi connectivity index (χ4n) is 2.68. The van der Waals surface area contributed by atoms with E-state index in [4.69, 9.17) is 9.47 Å². The Kier molecular flexibility index (Phi) is 5.74. The average molecular weight is 349 g/mol. The Morgan fingerprint density at radius 2 is 1.73 bits per heavy atom. The maximum absolute atomic E-state index is 12.2. The van der Waals surface area contributed by atoms with Crippen LogP contribution in [0.2, 0.25) is 0 Å². The highest BCUT2D eigenvalue weighted by molar-refractivity contribution is 5.83. The molecule has 3 rings (SSSR count). The Labute approximate surface area is 153 Å². The van der Waals surface area contributed by atoms with Crippen molar-refractivity contribution in [3.8, 4) is 11.5 Å². The standard InChI is InChI=1S/C22H23NO3/c1-16-7-3-6-10-21(16)26-17(2)22(24)23-13-14-25-20-12-11-18-8-4-5-9-19(18)15-20/h3-12,15,17H,13-14H2,1-2H3,(H,23,24). The Morgan fingerprint density at radius 1 is 1.00 bits per heavy atom. The molecule has 1 atom stereocenters. The van der Waals surface area contributed by atoms with Gasteiger partial charge in [0.2, 0.25) is 0 Å². The summed E-state index contributed by atoms with van der Waals surface area (Å²) >= 11 is 0. The van der Waals surface area contributed by atoms with Gasteiger partial charge in [-0.2, -0.15) is 0 Å². The molecular formula is C22H23NO3. The summed E-state index contributed by atoms with van der Waals surface area (Å²) in [5.41, 5.74) is 1.01. The van der Waals surface area contributed by atoms with E-state index >= 15 is 0 Å². The monoisotopic (exact) mass is 349 g/mol. The summed E-state index contributed by atoms with van der Waals surface area (Å²) in [7, 11) is 0. The van der Waals surface area contributed by atoms with Crippen LogP contribution in [0.4, 0.5) is 0 Å². The van der Waals surface area contributed by atoms with Crippen LogP contribution in [0.3, 0.4) is 0 Å². The topological polar surface area (TPSA) is 47.6 Å². The largest absolute Gasteiger partial charge is 0.492 e. The predicted octanol–water partition coefficient (Wildman–Crippen LogP) is 4.11. The zero-order chi connectivity index (χ0) is 18.4. The van der Waals surface area contributed by atoms with Gasteiger partial charge in [-0.1, -0.05) is 48.5 Å². The van der Waals surface area contributed by atoms with Crippen LogP contribution >= 0.6 is 0 Å². The second kappa shape index (κ2) is 8.39. The molecule has 26 heavy (non-hydrogen) atoms. The zero-order valence-electron chi connectivity index (χ0n) is 15.1. The molecular weight excluding hydrogens is 326 g/mol. The summed E-state index contributed by atoms with van der Waals surface area (Å²) < 4.78 is 11.4. The molecule has 134 valence electrons. The van der Waals surface area contributed by atoms with Crippen LogP contribution in [0.5, 0.6) is 11.5 Å². The lowest BCUT2D eigenvalue weighted by atomic mass is 10.1. The number of amides is 1. The van der Waals surface area contributed by atoms with E-state index in [1.807, 2.05) is 61.5 Å². The van der Waals surface area contributed by atoms with E-state index < -0.39 is 6.10 Å². The molecule has 3 aromatic rings. The number of hydrogen-bond acceptors (Lipinski definition) is 3. The molecule has 4 heteroatoms. The lowest BCUT2D eigenvalue weighted by molar-refractivity contribution is -0.127. The molecule has 0 bridgehead atoms. The van der Waals surface area contributed by atoms with Crippen molar-refractivity contribution in [1.29, 1.82) is 0 Å². The highest BCUT2D eigenvalue weighted by Crippen LogP contribution is 2.20. The molecule has 0 aliphatic rings. The number of aryl methyl sites for hydroxylation is 1. The molecule has 0 fully saturated rings. The van der Waals surface area contributed by atoms with Gasteiger partial charge in [-0.3, -0.25) is 4.79 Å². The Morgan fingerprint density at radius 3 is 2.54 bits per heavy atom. The van der Waals surface area contributed by atoms with Gasteiger partial charge in [-0.15, -0.1) is 0 Å². The number of nitrogens with one attached hydrogen (secondary N) is 1. The zero-order valence-corrected chi connectivity index (χ0v) is 15.1. The summed E-state index contributed by atoms with van der Waals surface area (Å²) in [5, 5.41) is 5.15. The summed E-state index contributed by atoms with van der Waals surface area (Å²) in [4.78, 5) is 12.2. The predicted molar refractivity (Wildman–Crippen MR) is 104 cm³/mol. The molecule has 1 amide bonds. The third kappa shape index (κ3) is 4.54. The molecule has 0 saturated heterocycles. The quantitative estimate of drug-likeness (QED) is 0.653. The maximum Gasteiger partial charge on any atom is 0.260 e. The van der Waals surface area contributed by atoms with Gasteiger partial charge in [0.1, 0.15) is 18.1 Å². The molecule has 0 aliphatic carbocycles. The first-order valence-electron chi connectivity index (χ1n) is 8.75. The van der Waals surface area contributed by atoms with Crippen molar-refractivity contribution >= 4 is 16.7 Å². The van der Waals surface area contributed by atoms with Crippen molar-refractivity contribution in [3.05, 3.63) is 72.3 Å². The second-order valence-corrected chi connectivity index (χ2v) is 6.17. The molecule has 1 unspecified atom stereocenters. The minimum Gasteiger partial charge on any atom is -0.492 e. The van der Waals surface area contributed by atoms with Crippen LogP contribution < -0.4 is 14.8 Å². The number of rotatable bonds is 7. The van der Waals surface area contributed by atoms with E-state index in [0.717, 1.165) is 22.4 Å². The fraction of sp³-hybridized carbons (Fsp3) is 0.227. The number of carbonyl (C=O) groups is 1. The second-order valence-electron chi connectivity index (χ2n) is 6.17. The average Bonchev–Trinajstić information content (AvgIpc) is 2.66. The van der Waals surface area contributed by atoms with Gasteiger partial charge in [-0.25, -0.2) is 0 Å². The van der Waals surface area contributed by atoms with E-state index in [9.17, 15) is 4.79 Å². The lowest BCUT2D eigenvalue weighted by Gasteiger charge is -2.16. The van der Waals surface area contributed by atoms with E-state index in [1.165, 1.54) is 5.39 Å². The highest BCUT2D eigenvalue weighted by Gasteiger charge is 2.14. The minimum absolute atomic E-state index is 0.157. The van der Waals surface area contributed by atoms with E-state index in [-0.39, 0.29) is 5.91 Å². The first kappa shape index (κ1) is 17.8. The van der Waals surface area contributed by atoms with Crippen LogP contribution in [-0.4, -0.2) is 25.2 Å². The summed E-state index contributed by atoms with van der Waals surface area (Å²) in [6.45, 7) is 4.53. The van der Waals surface area contributed by atoms with E-state index in [2.05, 4.69) is 17.4 Å². The van der Waals surface area contributed by atoms with Crippen LogP contribution in [0.1, 0.15) is 12.5 Å². The van der Waals surface area contributed by atoms with Crippen molar-refractivity contribution < 1.29 is 14.3 Å². The van der Waals surface area contributed by atoms with Gasteiger partial charge in [0, 0.05) is 0 Å². The minimum atomic E-state index is -0.559. The SMILES string of the molecule is Cc1ccccc1OC(C)C(=O)NCCOc1ccc2ccccc2c1. The normalized spacial score (nSPS) is 11.8. The van der Waals surface area contributed by atoms with E-state index in [1.54, 1.807) is 6.92 Å². The van der Waals surface area contributed by atoms with Crippen molar-refractivity contribution in [2.75, 3.05) is 13.2 Å². The lowest BCUT2D eigenvalue weighted by Crippen LogP contribution is -2.38. The van der Waals surface area contributed by atoms with Crippen LogP contribution in [0.25, 0.3) is 10.8 Å². The number of hydrogen-bond donors (Lipinski definition) is 1. The number of carbonyl (C=O) groups excluding carboxylic acids is 1. The Balaban J connectivity index is 1.45. The molecule has 1 N–H and O–H groups in total. The maximum atomic E-state index is 12.2. The van der Waals surface area contributed by atoms with Gasteiger partial charge in [0.05, 0.1) is 6.54 Å². The number of ether oxygens (including phenoxy) is 2. The van der Waals surface area contributed by atoms with Crippen LogP contribution in [0.15, 0.2) is 66.7 Å².